The van der Waals surface area contributed by atoms with Gasteiger partial charge in [-0.3, -0.25) is 0 Å². The minimum absolute atomic E-state index is 0.109. The third-order valence-electron chi connectivity index (χ3n) is 3.95. The fraction of sp³-hybridized carbons (Fsp3) is 0.769. The molecule has 1 aliphatic rings. The molecule has 7 heteroatoms. The zero-order chi connectivity index (χ0) is 14.8. The highest BCUT2D eigenvalue weighted by Crippen LogP contribution is 2.34. The molecule has 0 radical (unpaired) electrons. The van der Waals surface area contributed by atoms with Gasteiger partial charge in [-0.15, -0.1) is 0 Å². The summed E-state index contributed by atoms with van der Waals surface area (Å²) in [6, 6.07) is 0. The summed E-state index contributed by atoms with van der Waals surface area (Å²) in [6.45, 7) is 4.84. The molecule has 1 aliphatic carbocycles. The zero-order valence-electron chi connectivity index (χ0n) is 12.0. The van der Waals surface area contributed by atoms with Crippen LogP contribution in [0.4, 0.5) is 0 Å². The Hall–Kier alpha value is -0.400. The second-order valence-electron chi connectivity index (χ2n) is 5.76. The predicted molar refractivity (Wildman–Crippen MR) is 82.4 cm³/mol. The Bertz CT molecular complexity index is 558. The van der Waals surface area contributed by atoms with Gasteiger partial charge in [-0.25, -0.2) is 18.1 Å². The first-order valence-electron chi connectivity index (χ1n) is 7.02. The molecular weight excluding hydrogens is 342 g/mol. The molecule has 2 unspecified atom stereocenters. The van der Waals surface area contributed by atoms with Crippen molar-refractivity contribution in [3.8, 4) is 0 Å². The molecule has 2 rings (SSSR count). The number of alkyl halides is 1. The lowest BCUT2D eigenvalue weighted by molar-refractivity contribution is 0.241. The van der Waals surface area contributed by atoms with Crippen LogP contribution in [0, 0.1) is 5.92 Å². The molecule has 5 nitrogen and oxygen atoms in total. The van der Waals surface area contributed by atoms with Crippen LogP contribution in [0.25, 0.3) is 0 Å². The number of imidazole rings is 1. The van der Waals surface area contributed by atoms with Crippen LogP contribution >= 0.6 is 15.9 Å². The SMILES string of the molecule is CCn1cnc(S(=O)(=O)NC2(CBr)CCCC(C)C2)c1. The zero-order valence-corrected chi connectivity index (χ0v) is 14.4. The van der Waals surface area contributed by atoms with E-state index in [9.17, 15) is 8.42 Å². The number of halogens is 1. The van der Waals surface area contributed by atoms with E-state index in [-0.39, 0.29) is 10.6 Å². The lowest BCUT2D eigenvalue weighted by Gasteiger charge is -2.38. The summed E-state index contributed by atoms with van der Waals surface area (Å²) >= 11 is 3.49. The van der Waals surface area contributed by atoms with E-state index in [1.54, 1.807) is 17.1 Å². The van der Waals surface area contributed by atoms with Gasteiger partial charge in [0.1, 0.15) is 0 Å². The molecule has 1 fully saturated rings. The average molecular weight is 364 g/mol. The number of hydrogen-bond acceptors (Lipinski definition) is 3. The van der Waals surface area contributed by atoms with Gasteiger partial charge in [-0.1, -0.05) is 35.7 Å². The van der Waals surface area contributed by atoms with E-state index >= 15 is 0 Å². The summed E-state index contributed by atoms with van der Waals surface area (Å²) in [7, 11) is -3.56. The predicted octanol–water partition coefficient (Wildman–Crippen LogP) is 2.53. The van der Waals surface area contributed by atoms with E-state index in [0.29, 0.717) is 17.8 Å². The van der Waals surface area contributed by atoms with E-state index in [0.717, 1.165) is 19.3 Å². The fourth-order valence-corrected chi connectivity index (χ4v) is 5.12. The molecule has 20 heavy (non-hydrogen) atoms. The van der Waals surface area contributed by atoms with Crippen LogP contribution in [-0.2, 0) is 16.6 Å². The standard InChI is InChI=1S/C13H22BrN3O2S/c1-3-17-8-12(15-10-17)20(18,19)16-13(9-14)6-4-5-11(2)7-13/h8,10-11,16H,3-7,9H2,1-2H3. The fourth-order valence-electron chi connectivity index (χ4n) is 2.89. The third-order valence-corrected chi connectivity index (χ3v) is 6.48. The summed E-state index contributed by atoms with van der Waals surface area (Å²) in [6.07, 6.45) is 7.09. The highest BCUT2D eigenvalue weighted by Gasteiger charge is 2.38. The molecule has 1 N–H and O–H groups in total. The number of hydrogen-bond donors (Lipinski definition) is 1. The molecular formula is C13H22BrN3O2S. The first-order valence-corrected chi connectivity index (χ1v) is 9.63. The normalized spacial score (nSPS) is 27.6. The van der Waals surface area contributed by atoms with Crippen molar-refractivity contribution in [1.29, 1.82) is 0 Å². The Labute approximate surface area is 129 Å². The molecule has 0 bridgehead atoms. The molecule has 0 spiro atoms. The smallest absolute Gasteiger partial charge is 0.260 e. The molecule has 114 valence electrons. The summed E-state index contributed by atoms with van der Waals surface area (Å²) in [4.78, 5) is 4.01. The number of nitrogens with one attached hydrogen (secondary N) is 1. The monoisotopic (exact) mass is 363 g/mol. The lowest BCUT2D eigenvalue weighted by atomic mass is 9.78. The maximum absolute atomic E-state index is 12.5. The minimum Gasteiger partial charge on any atom is -0.336 e. The molecule has 0 saturated heterocycles. The topological polar surface area (TPSA) is 64.0 Å². The molecule has 0 aliphatic heterocycles. The highest BCUT2D eigenvalue weighted by molar-refractivity contribution is 9.09. The van der Waals surface area contributed by atoms with Crippen LogP contribution in [0.3, 0.4) is 0 Å². The highest BCUT2D eigenvalue weighted by atomic mass is 79.9. The Kier molecular flexibility index (Phi) is 4.92. The van der Waals surface area contributed by atoms with E-state index in [2.05, 4.69) is 32.6 Å². The average Bonchev–Trinajstić information content (AvgIpc) is 2.88. The first kappa shape index (κ1) is 16.0. The molecule has 1 aromatic rings. The van der Waals surface area contributed by atoms with Crippen LogP contribution in [-0.4, -0.2) is 28.8 Å². The van der Waals surface area contributed by atoms with Gasteiger partial charge in [0, 0.05) is 23.6 Å². The second kappa shape index (κ2) is 6.15. The van der Waals surface area contributed by atoms with Crippen molar-refractivity contribution in [3.63, 3.8) is 0 Å². The van der Waals surface area contributed by atoms with Gasteiger partial charge in [0.25, 0.3) is 10.0 Å². The molecule has 0 aromatic carbocycles. The number of aryl methyl sites for hydroxylation is 1. The van der Waals surface area contributed by atoms with Gasteiger partial charge in [0.2, 0.25) is 0 Å². The van der Waals surface area contributed by atoms with E-state index in [1.165, 1.54) is 6.42 Å². The molecule has 1 aromatic heterocycles. The van der Waals surface area contributed by atoms with Gasteiger partial charge < -0.3 is 4.57 Å². The van der Waals surface area contributed by atoms with Crippen LogP contribution in [0.15, 0.2) is 17.6 Å². The van der Waals surface area contributed by atoms with Crippen molar-refractivity contribution in [2.45, 2.75) is 56.6 Å². The van der Waals surface area contributed by atoms with Gasteiger partial charge in [-0.2, -0.15) is 0 Å². The summed E-state index contributed by atoms with van der Waals surface area (Å²) in [5, 5.41) is 0.746. The van der Waals surface area contributed by atoms with Crippen molar-refractivity contribution in [2.24, 2.45) is 5.92 Å². The van der Waals surface area contributed by atoms with Crippen molar-refractivity contribution in [1.82, 2.24) is 14.3 Å². The van der Waals surface area contributed by atoms with Crippen LogP contribution < -0.4 is 4.72 Å². The quantitative estimate of drug-likeness (QED) is 0.817. The van der Waals surface area contributed by atoms with Crippen molar-refractivity contribution >= 4 is 26.0 Å². The second-order valence-corrected chi connectivity index (χ2v) is 7.95. The van der Waals surface area contributed by atoms with Gasteiger partial charge in [0.15, 0.2) is 5.03 Å². The van der Waals surface area contributed by atoms with Crippen LogP contribution in [0.2, 0.25) is 0 Å². The number of sulfonamides is 1. The van der Waals surface area contributed by atoms with Crippen molar-refractivity contribution < 1.29 is 8.42 Å². The van der Waals surface area contributed by atoms with Gasteiger partial charge >= 0.3 is 0 Å². The van der Waals surface area contributed by atoms with Gasteiger partial charge in [0.05, 0.1) is 6.33 Å². The third kappa shape index (κ3) is 3.43. The molecule has 2 atom stereocenters. The summed E-state index contributed by atoms with van der Waals surface area (Å²) in [5.41, 5.74) is -0.382. The van der Waals surface area contributed by atoms with Crippen molar-refractivity contribution in [2.75, 3.05) is 5.33 Å². The Morgan fingerprint density at radius 1 is 1.60 bits per heavy atom. The van der Waals surface area contributed by atoms with Crippen LogP contribution in [0.5, 0.6) is 0 Å². The Morgan fingerprint density at radius 3 is 2.90 bits per heavy atom. The van der Waals surface area contributed by atoms with E-state index < -0.39 is 10.0 Å². The maximum Gasteiger partial charge on any atom is 0.260 e. The minimum atomic E-state index is -3.56. The summed E-state index contributed by atoms with van der Waals surface area (Å²) < 4.78 is 29.6. The number of nitrogens with zero attached hydrogens (tertiary/aromatic N) is 2. The van der Waals surface area contributed by atoms with Gasteiger partial charge in [-0.05, 0) is 25.7 Å². The maximum atomic E-state index is 12.5. The van der Waals surface area contributed by atoms with Crippen molar-refractivity contribution in [3.05, 3.63) is 12.5 Å². The Morgan fingerprint density at radius 2 is 2.35 bits per heavy atom. The Balaban J connectivity index is 2.21. The lowest BCUT2D eigenvalue weighted by Crippen LogP contribution is -2.52. The molecule has 0 amide bonds. The first-order chi connectivity index (χ1) is 9.41. The summed E-state index contributed by atoms with van der Waals surface area (Å²) in [5.74, 6) is 0.539. The van der Waals surface area contributed by atoms with E-state index in [1.807, 2.05) is 6.92 Å². The largest absolute Gasteiger partial charge is 0.336 e. The number of rotatable bonds is 5. The van der Waals surface area contributed by atoms with E-state index in [4.69, 9.17) is 0 Å². The number of aromatic nitrogens is 2. The molecule has 1 saturated carbocycles. The molecule has 1 heterocycles. The van der Waals surface area contributed by atoms with Crippen LogP contribution in [0.1, 0.15) is 39.5 Å².